The highest BCUT2D eigenvalue weighted by Gasteiger charge is 2.30. The number of nitrogens with zero attached hydrogens (tertiary/aromatic N) is 1. The average Bonchev–Trinajstić information content (AvgIpc) is 2.48. The zero-order chi connectivity index (χ0) is 11.7. The van der Waals surface area contributed by atoms with Crippen LogP contribution in [0.1, 0.15) is 33.6 Å². The Morgan fingerprint density at radius 2 is 2.00 bits per heavy atom. The second-order valence-corrected chi connectivity index (χ2v) is 8.75. The molecule has 90 valence electrons. The quantitative estimate of drug-likeness (QED) is 0.749. The SMILES string of the molecule is CC(C)(C)CCS(=O)(=O)N1CCC(Br)C1. The molecule has 0 bridgehead atoms. The molecule has 0 aromatic heterocycles. The minimum absolute atomic E-state index is 0.0839. The zero-order valence-corrected chi connectivity index (χ0v) is 12.1. The van der Waals surface area contributed by atoms with E-state index >= 15 is 0 Å². The molecular formula is C10H20BrNO2S. The molecule has 0 saturated carbocycles. The maximum absolute atomic E-state index is 11.9. The Labute approximate surface area is 101 Å². The number of sulfonamides is 1. The van der Waals surface area contributed by atoms with Gasteiger partial charge in [0.15, 0.2) is 0 Å². The summed E-state index contributed by atoms with van der Waals surface area (Å²) >= 11 is 3.46. The van der Waals surface area contributed by atoms with E-state index in [1.807, 2.05) is 0 Å². The van der Waals surface area contributed by atoms with Crippen LogP contribution in [0.25, 0.3) is 0 Å². The summed E-state index contributed by atoms with van der Waals surface area (Å²) in [4.78, 5) is 0.335. The second-order valence-electron chi connectivity index (χ2n) is 5.37. The van der Waals surface area contributed by atoms with Crippen molar-refractivity contribution in [2.75, 3.05) is 18.8 Å². The molecule has 1 rings (SSSR count). The van der Waals surface area contributed by atoms with Gasteiger partial charge in [-0.2, -0.15) is 0 Å². The van der Waals surface area contributed by atoms with Gasteiger partial charge in [-0.1, -0.05) is 36.7 Å². The van der Waals surface area contributed by atoms with E-state index in [-0.39, 0.29) is 11.2 Å². The van der Waals surface area contributed by atoms with Crippen LogP contribution < -0.4 is 0 Å². The van der Waals surface area contributed by atoms with E-state index < -0.39 is 10.0 Å². The molecule has 1 aliphatic rings. The number of rotatable bonds is 3. The molecule has 5 heteroatoms. The van der Waals surface area contributed by atoms with Crippen molar-refractivity contribution in [2.24, 2.45) is 5.41 Å². The molecule has 1 saturated heterocycles. The van der Waals surface area contributed by atoms with Gasteiger partial charge in [-0.15, -0.1) is 0 Å². The fourth-order valence-electron chi connectivity index (χ4n) is 1.50. The van der Waals surface area contributed by atoms with Crippen LogP contribution in [0.3, 0.4) is 0 Å². The largest absolute Gasteiger partial charge is 0.214 e. The van der Waals surface area contributed by atoms with Crippen LogP contribution in [-0.4, -0.2) is 36.4 Å². The van der Waals surface area contributed by atoms with Crippen molar-refractivity contribution in [2.45, 2.75) is 38.4 Å². The van der Waals surface area contributed by atoms with Gasteiger partial charge in [-0.25, -0.2) is 12.7 Å². The van der Waals surface area contributed by atoms with E-state index in [1.54, 1.807) is 4.31 Å². The highest BCUT2D eigenvalue weighted by molar-refractivity contribution is 9.09. The molecule has 0 N–H and O–H groups in total. The van der Waals surface area contributed by atoms with Gasteiger partial charge in [0, 0.05) is 17.9 Å². The Hall–Kier alpha value is 0.390. The second kappa shape index (κ2) is 4.72. The maximum Gasteiger partial charge on any atom is 0.214 e. The van der Waals surface area contributed by atoms with Gasteiger partial charge in [0.1, 0.15) is 0 Å². The number of alkyl halides is 1. The van der Waals surface area contributed by atoms with E-state index in [0.717, 1.165) is 12.8 Å². The molecule has 0 aromatic carbocycles. The minimum atomic E-state index is -3.02. The number of halogens is 1. The summed E-state index contributed by atoms with van der Waals surface area (Å²) < 4.78 is 25.5. The summed E-state index contributed by atoms with van der Waals surface area (Å²) in [5, 5.41) is 0. The minimum Gasteiger partial charge on any atom is -0.212 e. The summed E-state index contributed by atoms with van der Waals surface area (Å²) in [6.45, 7) is 7.51. The molecule has 0 radical (unpaired) electrons. The lowest BCUT2D eigenvalue weighted by molar-refractivity contribution is 0.389. The molecule has 0 aliphatic carbocycles. The van der Waals surface area contributed by atoms with Gasteiger partial charge in [-0.3, -0.25) is 0 Å². The van der Waals surface area contributed by atoms with E-state index in [2.05, 4.69) is 36.7 Å². The topological polar surface area (TPSA) is 37.4 Å². The predicted octanol–water partition coefficient (Wildman–Crippen LogP) is 2.22. The van der Waals surface area contributed by atoms with Crippen molar-refractivity contribution in [3.05, 3.63) is 0 Å². The van der Waals surface area contributed by atoms with Gasteiger partial charge >= 0.3 is 0 Å². The Morgan fingerprint density at radius 3 is 2.40 bits per heavy atom. The number of hydrogen-bond donors (Lipinski definition) is 0. The predicted molar refractivity (Wildman–Crippen MR) is 66.8 cm³/mol. The lowest BCUT2D eigenvalue weighted by Crippen LogP contribution is -2.32. The fourth-order valence-corrected chi connectivity index (χ4v) is 4.17. The van der Waals surface area contributed by atoms with Crippen LogP contribution in [-0.2, 0) is 10.0 Å². The van der Waals surface area contributed by atoms with Gasteiger partial charge in [0.05, 0.1) is 5.75 Å². The van der Waals surface area contributed by atoms with Crippen molar-refractivity contribution in [1.82, 2.24) is 4.31 Å². The van der Waals surface area contributed by atoms with Crippen molar-refractivity contribution < 1.29 is 8.42 Å². The van der Waals surface area contributed by atoms with Crippen LogP contribution in [0.15, 0.2) is 0 Å². The highest BCUT2D eigenvalue weighted by Crippen LogP contribution is 2.24. The third-order valence-corrected chi connectivity index (χ3v) is 5.18. The van der Waals surface area contributed by atoms with Gasteiger partial charge < -0.3 is 0 Å². The molecule has 1 aliphatic heterocycles. The Bertz CT molecular complexity index is 308. The molecule has 0 spiro atoms. The average molecular weight is 298 g/mol. The van der Waals surface area contributed by atoms with Crippen molar-refractivity contribution >= 4 is 26.0 Å². The standard InChI is InChI=1S/C10H20BrNO2S/c1-10(2,3)5-7-15(13,14)12-6-4-9(11)8-12/h9H,4-8H2,1-3H3. The molecule has 3 nitrogen and oxygen atoms in total. The van der Waals surface area contributed by atoms with Crippen molar-refractivity contribution in [3.63, 3.8) is 0 Å². The Morgan fingerprint density at radius 1 is 1.40 bits per heavy atom. The molecule has 1 fully saturated rings. The summed E-state index contributed by atoms with van der Waals surface area (Å²) in [5.41, 5.74) is 0.0839. The molecule has 0 amide bonds. The fraction of sp³-hybridized carbons (Fsp3) is 1.00. The Balaban J connectivity index is 2.53. The summed E-state index contributed by atoms with van der Waals surface area (Å²) in [6.07, 6.45) is 1.65. The van der Waals surface area contributed by atoms with Gasteiger partial charge in [0.25, 0.3) is 0 Å². The smallest absolute Gasteiger partial charge is 0.212 e. The lowest BCUT2D eigenvalue weighted by atomic mass is 9.94. The van der Waals surface area contributed by atoms with Crippen LogP contribution in [0.5, 0.6) is 0 Å². The Kier molecular flexibility index (Phi) is 4.23. The summed E-state index contributed by atoms with van der Waals surface area (Å²) in [5.74, 6) is 0.274. The van der Waals surface area contributed by atoms with E-state index in [0.29, 0.717) is 17.9 Å². The third kappa shape index (κ3) is 4.41. The van der Waals surface area contributed by atoms with Crippen LogP contribution in [0, 0.1) is 5.41 Å². The molecule has 1 atom stereocenters. The van der Waals surface area contributed by atoms with Gasteiger partial charge in [0.2, 0.25) is 10.0 Å². The molecule has 1 heterocycles. The first-order chi connectivity index (χ1) is 6.71. The van der Waals surface area contributed by atoms with Crippen molar-refractivity contribution in [3.8, 4) is 0 Å². The van der Waals surface area contributed by atoms with Crippen LogP contribution in [0.4, 0.5) is 0 Å². The van der Waals surface area contributed by atoms with Gasteiger partial charge in [-0.05, 0) is 18.3 Å². The third-order valence-electron chi connectivity index (χ3n) is 2.60. The van der Waals surface area contributed by atoms with E-state index in [1.165, 1.54) is 0 Å². The normalized spacial score (nSPS) is 24.7. The first kappa shape index (κ1) is 13.5. The van der Waals surface area contributed by atoms with Crippen LogP contribution in [0.2, 0.25) is 0 Å². The molecule has 15 heavy (non-hydrogen) atoms. The summed E-state index contributed by atoms with van der Waals surface area (Å²) in [6, 6.07) is 0. The molecule has 1 unspecified atom stereocenters. The van der Waals surface area contributed by atoms with E-state index in [9.17, 15) is 8.42 Å². The van der Waals surface area contributed by atoms with E-state index in [4.69, 9.17) is 0 Å². The first-order valence-corrected chi connectivity index (χ1v) is 7.85. The summed E-state index contributed by atoms with van der Waals surface area (Å²) in [7, 11) is -3.02. The van der Waals surface area contributed by atoms with Crippen molar-refractivity contribution in [1.29, 1.82) is 0 Å². The highest BCUT2D eigenvalue weighted by atomic mass is 79.9. The zero-order valence-electron chi connectivity index (χ0n) is 9.66. The molecule has 0 aromatic rings. The number of hydrogen-bond acceptors (Lipinski definition) is 2. The first-order valence-electron chi connectivity index (χ1n) is 5.33. The molecular weight excluding hydrogens is 278 g/mol. The van der Waals surface area contributed by atoms with Crippen LogP contribution >= 0.6 is 15.9 Å². The monoisotopic (exact) mass is 297 g/mol. The maximum atomic E-state index is 11.9. The lowest BCUT2D eigenvalue weighted by Gasteiger charge is -2.21.